The molecule has 0 heterocycles. The number of hydrogen-bond acceptors (Lipinski definition) is 3. The van der Waals surface area contributed by atoms with Gasteiger partial charge in [-0.25, -0.2) is 0 Å². The number of ether oxygens (including phenoxy) is 1. The van der Waals surface area contributed by atoms with Crippen LogP contribution in [0.2, 0.25) is 5.02 Å². The lowest BCUT2D eigenvalue weighted by atomic mass is 10.2. The second-order valence-electron chi connectivity index (χ2n) is 3.10. The number of nitrogens with one attached hydrogen (secondary N) is 1. The van der Waals surface area contributed by atoms with Gasteiger partial charge in [-0.3, -0.25) is 4.79 Å². The highest BCUT2D eigenvalue weighted by Crippen LogP contribution is 2.32. The van der Waals surface area contributed by atoms with Crippen molar-refractivity contribution in [3.8, 4) is 5.75 Å². The number of para-hydroxylation sites is 1. The van der Waals surface area contributed by atoms with Crippen molar-refractivity contribution in [2.24, 2.45) is 5.73 Å². The summed E-state index contributed by atoms with van der Waals surface area (Å²) >= 11 is 5.89. The summed E-state index contributed by atoms with van der Waals surface area (Å²) in [6.07, 6.45) is 0. The maximum atomic E-state index is 11.4. The molecule has 1 rings (SSSR count). The summed E-state index contributed by atoms with van der Waals surface area (Å²) in [7, 11) is 1.49. The Kier molecular flexibility index (Phi) is 3.94. The molecule has 0 fully saturated rings. The van der Waals surface area contributed by atoms with Crippen LogP contribution in [0.3, 0.4) is 0 Å². The van der Waals surface area contributed by atoms with E-state index in [4.69, 9.17) is 22.1 Å². The second kappa shape index (κ2) is 5.00. The molecule has 0 aliphatic heterocycles. The Morgan fingerprint density at radius 3 is 2.80 bits per heavy atom. The van der Waals surface area contributed by atoms with Crippen molar-refractivity contribution in [1.29, 1.82) is 0 Å². The molecule has 0 radical (unpaired) electrons. The van der Waals surface area contributed by atoms with Crippen LogP contribution in [-0.4, -0.2) is 19.1 Å². The molecule has 0 aromatic heterocycles. The SMILES string of the molecule is COc1c(Cl)cccc1NC(=O)C(C)N. The minimum absolute atomic E-state index is 0.282. The number of benzene rings is 1. The largest absolute Gasteiger partial charge is 0.493 e. The van der Waals surface area contributed by atoms with Gasteiger partial charge in [0.05, 0.1) is 23.9 Å². The Bertz CT molecular complexity index is 366. The number of nitrogens with two attached hydrogens (primary N) is 1. The molecule has 4 nitrogen and oxygen atoms in total. The number of rotatable bonds is 3. The van der Waals surface area contributed by atoms with Gasteiger partial charge in [-0.1, -0.05) is 17.7 Å². The Hall–Kier alpha value is -1.26. The van der Waals surface area contributed by atoms with Gasteiger partial charge in [0.15, 0.2) is 5.75 Å². The number of carbonyl (C=O) groups excluding carboxylic acids is 1. The third kappa shape index (κ3) is 2.84. The maximum absolute atomic E-state index is 11.4. The number of halogens is 1. The highest BCUT2D eigenvalue weighted by Gasteiger charge is 2.12. The van der Waals surface area contributed by atoms with Crippen LogP contribution in [0, 0.1) is 0 Å². The molecular weight excluding hydrogens is 216 g/mol. The normalized spacial score (nSPS) is 12.0. The smallest absolute Gasteiger partial charge is 0.241 e. The van der Waals surface area contributed by atoms with E-state index in [1.165, 1.54) is 7.11 Å². The molecule has 5 heteroatoms. The van der Waals surface area contributed by atoms with Crippen LogP contribution in [-0.2, 0) is 4.79 Å². The van der Waals surface area contributed by atoms with Crippen molar-refractivity contribution in [3.63, 3.8) is 0 Å². The molecule has 0 saturated heterocycles. The first-order chi connectivity index (χ1) is 7.06. The summed E-state index contributed by atoms with van der Waals surface area (Å²) in [5, 5.41) is 3.07. The third-order valence-corrected chi connectivity index (χ3v) is 2.14. The van der Waals surface area contributed by atoms with E-state index in [1.807, 2.05) is 0 Å². The summed E-state index contributed by atoms with van der Waals surface area (Å²) in [4.78, 5) is 11.4. The average Bonchev–Trinajstić information content (AvgIpc) is 2.18. The summed E-state index contributed by atoms with van der Waals surface area (Å²) in [6.45, 7) is 1.60. The number of methoxy groups -OCH3 is 1. The first-order valence-corrected chi connectivity index (χ1v) is 4.83. The zero-order valence-electron chi connectivity index (χ0n) is 8.58. The third-order valence-electron chi connectivity index (χ3n) is 1.84. The van der Waals surface area contributed by atoms with E-state index in [2.05, 4.69) is 5.32 Å². The highest BCUT2D eigenvalue weighted by molar-refractivity contribution is 6.32. The summed E-state index contributed by atoms with van der Waals surface area (Å²) < 4.78 is 5.07. The summed E-state index contributed by atoms with van der Waals surface area (Å²) in [6, 6.07) is 4.53. The van der Waals surface area contributed by atoms with Crippen molar-refractivity contribution >= 4 is 23.2 Å². The minimum Gasteiger partial charge on any atom is -0.493 e. The van der Waals surface area contributed by atoms with Crippen LogP contribution in [0.4, 0.5) is 5.69 Å². The first kappa shape index (κ1) is 11.8. The lowest BCUT2D eigenvalue weighted by Crippen LogP contribution is -2.32. The molecule has 1 unspecified atom stereocenters. The van der Waals surface area contributed by atoms with Crippen molar-refractivity contribution < 1.29 is 9.53 Å². The number of anilines is 1. The fourth-order valence-corrected chi connectivity index (χ4v) is 1.31. The van der Waals surface area contributed by atoms with Gasteiger partial charge in [-0.15, -0.1) is 0 Å². The van der Waals surface area contributed by atoms with Gasteiger partial charge in [-0.05, 0) is 19.1 Å². The van der Waals surface area contributed by atoms with Crippen molar-refractivity contribution in [1.82, 2.24) is 0 Å². The van der Waals surface area contributed by atoms with E-state index >= 15 is 0 Å². The van der Waals surface area contributed by atoms with E-state index in [0.29, 0.717) is 16.5 Å². The lowest BCUT2D eigenvalue weighted by molar-refractivity contribution is -0.117. The Balaban J connectivity index is 2.94. The molecule has 1 aromatic carbocycles. The summed E-state index contributed by atoms with van der Waals surface area (Å²) in [5.41, 5.74) is 5.95. The molecule has 82 valence electrons. The molecule has 0 saturated carbocycles. The van der Waals surface area contributed by atoms with Gasteiger partial charge < -0.3 is 15.8 Å². The van der Waals surface area contributed by atoms with Gasteiger partial charge in [0.2, 0.25) is 5.91 Å². The molecule has 3 N–H and O–H groups in total. The molecule has 0 aliphatic carbocycles. The fourth-order valence-electron chi connectivity index (χ4n) is 1.06. The van der Waals surface area contributed by atoms with Crippen molar-refractivity contribution in [2.45, 2.75) is 13.0 Å². The molecule has 1 amide bonds. The minimum atomic E-state index is -0.575. The zero-order valence-corrected chi connectivity index (χ0v) is 9.34. The van der Waals surface area contributed by atoms with Crippen LogP contribution in [0.25, 0.3) is 0 Å². The summed E-state index contributed by atoms with van der Waals surface area (Å²) in [5.74, 6) is 0.156. The van der Waals surface area contributed by atoms with Crippen LogP contribution in [0.5, 0.6) is 5.75 Å². The van der Waals surface area contributed by atoms with Crippen LogP contribution in [0.15, 0.2) is 18.2 Å². The number of amides is 1. The maximum Gasteiger partial charge on any atom is 0.241 e. The van der Waals surface area contributed by atoms with E-state index in [1.54, 1.807) is 25.1 Å². The Morgan fingerprint density at radius 1 is 1.60 bits per heavy atom. The fraction of sp³-hybridized carbons (Fsp3) is 0.300. The molecule has 0 bridgehead atoms. The standard InChI is InChI=1S/C10H13ClN2O2/c1-6(12)10(14)13-8-5-3-4-7(11)9(8)15-2/h3-6H,12H2,1-2H3,(H,13,14). The highest BCUT2D eigenvalue weighted by atomic mass is 35.5. The van der Waals surface area contributed by atoms with E-state index in [-0.39, 0.29) is 5.91 Å². The molecule has 0 aliphatic rings. The average molecular weight is 229 g/mol. The van der Waals surface area contributed by atoms with Crippen LogP contribution < -0.4 is 15.8 Å². The van der Waals surface area contributed by atoms with Crippen molar-refractivity contribution in [3.05, 3.63) is 23.2 Å². The van der Waals surface area contributed by atoms with Crippen LogP contribution >= 0.6 is 11.6 Å². The predicted octanol–water partition coefficient (Wildman–Crippen LogP) is 1.63. The van der Waals surface area contributed by atoms with E-state index in [9.17, 15) is 4.79 Å². The lowest BCUT2D eigenvalue weighted by Gasteiger charge is -2.12. The monoisotopic (exact) mass is 228 g/mol. The van der Waals surface area contributed by atoms with Crippen LogP contribution in [0.1, 0.15) is 6.92 Å². The predicted molar refractivity (Wildman–Crippen MR) is 60.3 cm³/mol. The number of hydrogen-bond donors (Lipinski definition) is 2. The molecule has 15 heavy (non-hydrogen) atoms. The molecule has 0 spiro atoms. The van der Waals surface area contributed by atoms with Gasteiger partial charge in [0.25, 0.3) is 0 Å². The molecule has 1 aromatic rings. The van der Waals surface area contributed by atoms with E-state index in [0.717, 1.165) is 0 Å². The topological polar surface area (TPSA) is 64.3 Å². The quantitative estimate of drug-likeness (QED) is 0.827. The Labute approximate surface area is 93.4 Å². The van der Waals surface area contributed by atoms with Gasteiger partial charge in [-0.2, -0.15) is 0 Å². The molecular formula is C10H13ClN2O2. The van der Waals surface area contributed by atoms with Gasteiger partial charge in [0.1, 0.15) is 0 Å². The number of carbonyl (C=O) groups is 1. The van der Waals surface area contributed by atoms with E-state index < -0.39 is 6.04 Å². The second-order valence-corrected chi connectivity index (χ2v) is 3.51. The van der Waals surface area contributed by atoms with Crippen molar-refractivity contribution in [2.75, 3.05) is 12.4 Å². The Morgan fingerprint density at radius 2 is 2.27 bits per heavy atom. The first-order valence-electron chi connectivity index (χ1n) is 4.45. The zero-order chi connectivity index (χ0) is 11.4. The molecule has 1 atom stereocenters. The van der Waals surface area contributed by atoms with Gasteiger partial charge >= 0.3 is 0 Å². The van der Waals surface area contributed by atoms with Gasteiger partial charge in [0, 0.05) is 0 Å².